The van der Waals surface area contributed by atoms with Gasteiger partial charge in [0.2, 0.25) is 0 Å². The molecule has 0 bridgehead atoms. The summed E-state index contributed by atoms with van der Waals surface area (Å²) in [5.41, 5.74) is 1.24. The predicted octanol–water partition coefficient (Wildman–Crippen LogP) is 2.09. The molecule has 77 valence electrons. The summed E-state index contributed by atoms with van der Waals surface area (Å²) < 4.78 is 10.5. The van der Waals surface area contributed by atoms with Crippen molar-refractivity contribution in [3.05, 3.63) is 42.8 Å². The topological polar surface area (TPSA) is 18.5 Å². The average molecular weight is 193 g/mol. The number of benzene rings is 1. The second-order valence-corrected chi connectivity index (χ2v) is 3.24. The molecule has 1 radical (unpaired) electrons. The third-order valence-corrected chi connectivity index (χ3v) is 2.30. The van der Waals surface area contributed by atoms with Gasteiger partial charge in [-0.3, -0.25) is 0 Å². The molecule has 2 unspecified atom stereocenters. The number of rotatable bonds is 5. The summed E-state index contributed by atoms with van der Waals surface area (Å²) >= 11 is 0. The molecule has 2 heteroatoms. The number of hydrogen-bond donors (Lipinski definition) is 0. The standard InChI is InChI=1S/C12H17O2/c1-10(13-2)12(14-3)9-11-7-5-4-6-8-11/h4-8,10,12H,1,9H2,2-3H3. The van der Waals surface area contributed by atoms with Gasteiger partial charge in [0.05, 0.1) is 12.2 Å². The summed E-state index contributed by atoms with van der Waals surface area (Å²) in [5, 5.41) is 0. The molecule has 0 spiro atoms. The zero-order valence-corrected chi connectivity index (χ0v) is 8.77. The lowest BCUT2D eigenvalue weighted by atomic mass is 10.0. The van der Waals surface area contributed by atoms with Crippen LogP contribution in [0.3, 0.4) is 0 Å². The molecule has 1 aromatic carbocycles. The van der Waals surface area contributed by atoms with E-state index in [0.717, 1.165) is 6.42 Å². The van der Waals surface area contributed by atoms with Gasteiger partial charge in [0.15, 0.2) is 0 Å². The molecule has 0 aromatic heterocycles. The van der Waals surface area contributed by atoms with Crippen molar-refractivity contribution in [3.8, 4) is 0 Å². The zero-order chi connectivity index (χ0) is 10.4. The van der Waals surface area contributed by atoms with Crippen LogP contribution in [0, 0.1) is 6.92 Å². The minimum atomic E-state index is -0.125. The van der Waals surface area contributed by atoms with Gasteiger partial charge in [0.25, 0.3) is 0 Å². The van der Waals surface area contributed by atoms with Gasteiger partial charge >= 0.3 is 0 Å². The van der Waals surface area contributed by atoms with Crippen molar-refractivity contribution in [1.29, 1.82) is 0 Å². The molecular formula is C12H17O2. The van der Waals surface area contributed by atoms with Crippen molar-refractivity contribution in [2.24, 2.45) is 0 Å². The molecule has 0 amide bonds. The van der Waals surface area contributed by atoms with Gasteiger partial charge in [0.1, 0.15) is 0 Å². The predicted molar refractivity (Wildman–Crippen MR) is 57.1 cm³/mol. The van der Waals surface area contributed by atoms with Crippen molar-refractivity contribution in [1.82, 2.24) is 0 Å². The van der Waals surface area contributed by atoms with Crippen molar-refractivity contribution in [2.45, 2.75) is 18.6 Å². The van der Waals surface area contributed by atoms with Gasteiger partial charge < -0.3 is 9.47 Å². The number of hydrogen-bond acceptors (Lipinski definition) is 2. The van der Waals surface area contributed by atoms with E-state index in [1.54, 1.807) is 14.2 Å². The summed E-state index contributed by atoms with van der Waals surface area (Å²) in [6.07, 6.45) is 0.724. The Morgan fingerprint density at radius 3 is 2.29 bits per heavy atom. The summed E-state index contributed by atoms with van der Waals surface area (Å²) in [6, 6.07) is 10.2. The van der Waals surface area contributed by atoms with Crippen molar-refractivity contribution >= 4 is 0 Å². The van der Waals surface area contributed by atoms with Crippen molar-refractivity contribution in [3.63, 3.8) is 0 Å². The maximum atomic E-state index is 5.32. The lowest BCUT2D eigenvalue weighted by Gasteiger charge is -2.21. The summed E-state index contributed by atoms with van der Waals surface area (Å²) in [6.45, 7) is 3.88. The third-order valence-electron chi connectivity index (χ3n) is 2.30. The molecule has 0 aliphatic rings. The molecule has 0 saturated carbocycles. The van der Waals surface area contributed by atoms with E-state index in [2.05, 4.69) is 19.1 Å². The highest BCUT2D eigenvalue weighted by Crippen LogP contribution is 2.10. The Balaban J connectivity index is 2.57. The largest absolute Gasteiger partial charge is 0.379 e. The van der Waals surface area contributed by atoms with Crippen LogP contribution >= 0.6 is 0 Å². The molecule has 0 N–H and O–H groups in total. The van der Waals surface area contributed by atoms with E-state index in [0.29, 0.717) is 0 Å². The Hall–Kier alpha value is -0.860. The molecule has 0 heterocycles. The van der Waals surface area contributed by atoms with Gasteiger partial charge in [-0.25, -0.2) is 0 Å². The SMILES string of the molecule is [CH2]C(OC)C(Cc1ccccc1)OC. The van der Waals surface area contributed by atoms with Crippen LogP contribution in [-0.4, -0.2) is 26.4 Å². The highest BCUT2D eigenvalue weighted by molar-refractivity contribution is 5.15. The second kappa shape index (κ2) is 5.78. The molecule has 2 nitrogen and oxygen atoms in total. The van der Waals surface area contributed by atoms with E-state index >= 15 is 0 Å². The molecule has 1 rings (SSSR count). The Labute approximate surface area is 85.8 Å². The van der Waals surface area contributed by atoms with Crippen LogP contribution in [0.25, 0.3) is 0 Å². The normalized spacial score (nSPS) is 15.1. The zero-order valence-electron chi connectivity index (χ0n) is 8.77. The van der Waals surface area contributed by atoms with E-state index in [1.807, 2.05) is 18.2 Å². The second-order valence-electron chi connectivity index (χ2n) is 3.24. The van der Waals surface area contributed by atoms with E-state index < -0.39 is 0 Å². The molecule has 1 aromatic rings. The van der Waals surface area contributed by atoms with E-state index in [9.17, 15) is 0 Å². The first-order valence-corrected chi connectivity index (χ1v) is 4.70. The summed E-state index contributed by atoms with van der Waals surface area (Å²) in [5.74, 6) is 0. The van der Waals surface area contributed by atoms with Gasteiger partial charge in [-0.2, -0.15) is 0 Å². The molecule has 0 saturated heterocycles. The molecule has 14 heavy (non-hydrogen) atoms. The van der Waals surface area contributed by atoms with Crippen LogP contribution in [0.1, 0.15) is 5.56 Å². The number of methoxy groups -OCH3 is 2. The molecule has 0 fully saturated rings. The maximum Gasteiger partial charge on any atom is 0.0872 e. The lowest BCUT2D eigenvalue weighted by Crippen LogP contribution is -2.29. The minimum Gasteiger partial charge on any atom is -0.379 e. The lowest BCUT2D eigenvalue weighted by molar-refractivity contribution is -0.0121. The summed E-state index contributed by atoms with van der Waals surface area (Å²) in [7, 11) is 3.33. The van der Waals surface area contributed by atoms with E-state index in [4.69, 9.17) is 9.47 Å². The van der Waals surface area contributed by atoms with Crippen LogP contribution in [0.4, 0.5) is 0 Å². The van der Waals surface area contributed by atoms with Crippen LogP contribution in [-0.2, 0) is 15.9 Å². The smallest absolute Gasteiger partial charge is 0.0872 e. The number of ether oxygens (including phenoxy) is 2. The van der Waals surface area contributed by atoms with Gasteiger partial charge in [-0.15, -0.1) is 0 Å². The van der Waals surface area contributed by atoms with Crippen LogP contribution in [0.2, 0.25) is 0 Å². The Morgan fingerprint density at radius 2 is 1.79 bits per heavy atom. The first-order valence-electron chi connectivity index (χ1n) is 4.70. The fraction of sp³-hybridized carbons (Fsp3) is 0.417. The van der Waals surface area contributed by atoms with Crippen molar-refractivity contribution in [2.75, 3.05) is 14.2 Å². The van der Waals surface area contributed by atoms with Crippen LogP contribution in [0.5, 0.6) is 0 Å². The van der Waals surface area contributed by atoms with Crippen molar-refractivity contribution < 1.29 is 9.47 Å². The molecule has 0 aliphatic carbocycles. The molecule has 2 atom stereocenters. The molecular weight excluding hydrogens is 176 g/mol. The Kier molecular flexibility index (Phi) is 4.63. The quantitative estimate of drug-likeness (QED) is 0.713. The van der Waals surface area contributed by atoms with E-state index in [-0.39, 0.29) is 12.2 Å². The van der Waals surface area contributed by atoms with E-state index in [1.165, 1.54) is 5.56 Å². The maximum absolute atomic E-state index is 5.32. The third kappa shape index (κ3) is 3.13. The van der Waals surface area contributed by atoms with Crippen LogP contribution < -0.4 is 0 Å². The average Bonchev–Trinajstić information content (AvgIpc) is 2.26. The Morgan fingerprint density at radius 1 is 1.14 bits per heavy atom. The van der Waals surface area contributed by atoms with Gasteiger partial charge in [0, 0.05) is 20.6 Å². The van der Waals surface area contributed by atoms with Gasteiger partial charge in [-0.1, -0.05) is 30.3 Å². The van der Waals surface area contributed by atoms with Gasteiger partial charge in [-0.05, 0) is 12.5 Å². The highest BCUT2D eigenvalue weighted by Gasteiger charge is 2.16. The monoisotopic (exact) mass is 193 g/mol. The van der Waals surface area contributed by atoms with Crippen LogP contribution in [0.15, 0.2) is 30.3 Å². The fourth-order valence-electron chi connectivity index (χ4n) is 1.36. The molecule has 0 aliphatic heterocycles. The fourth-order valence-corrected chi connectivity index (χ4v) is 1.36. The first-order chi connectivity index (χ1) is 6.77. The Bertz CT molecular complexity index is 246. The minimum absolute atomic E-state index is 0.0161. The summed E-state index contributed by atoms with van der Waals surface area (Å²) in [4.78, 5) is 0. The first kappa shape index (κ1) is 11.2. The highest BCUT2D eigenvalue weighted by atomic mass is 16.5.